The van der Waals surface area contributed by atoms with Crippen LogP contribution in [0, 0.1) is 6.92 Å². The SMILES string of the molecule is COc1cc(-n2cnc3cc(-c4n[nH]c(C)n4)ccc32)cc(OC)c1C(=O)NC(F)C(F)F. The molecule has 0 aliphatic rings. The summed E-state index contributed by atoms with van der Waals surface area (Å²) in [6, 6.07) is 8.50. The molecule has 2 heterocycles. The van der Waals surface area contributed by atoms with Crippen molar-refractivity contribution in [2.24, 2.45) is 0 Å². The fourth-order valence-corrected chi connectivity index (χ4v) is 3.35. The topological polar surface area (TPSA) is 107 Å². The second-order valence-corrected chi connectivity index (χ2v) is 7.00. The number of methoxy groups -OCH3 is 2. The molecule has 2 aromatic heterocycles. The molecule has 0 aliphatic heterocycles. The summed E-state index contributed by atoms with van der Waals surface area (Å²) < 4.78 is 50.7. The Morgan fingerprint density at radius 3 is 2.39 bits per heavy atom. The van der Waals surface area contributed by atoms with Gasteiger partial charge in [-0.3, -0.25) is 14.5 Å². The first-order valence-electron chi connectivity index (χ1n) is 9.68. The summed E-state index contributed by atoms with van der Waals surface area (Å²) in [6.07, 6.45) is -4.63. The average molecular weight is 460 g/mol. The lowest BCUT2D eigenvalue weighted by atomic mass is 10.1. The van der Waals surface area contributed by atoms with Crippen molar-refractivity contribution in [3.63, 3.8) is 0 Å². The predicted molar refractivity (Wildman–Crippen MR) is 113 cm³/mol. The largest absolute Gasteiger partial charge is 0.496 e. The summed E-state index contributed by atoms with van der Waals surface area (Å²) in [4.78, 5) is 21.2. The van der Waals surface area contributed by atoms with Crippen LogP contribution in [0.5, 0.6) is 11.5 Å². The van der Waals surface area contributed by atoms with Crippen LogP contribution in [0.25, 0.3) is 28.1 Å². The average Bonchev–Trinajstić information content (AvgIpc) is 3.43. The number of rotatable bonds is 7. The molecule has 4 aromatic rings. The van der Waals surface area contributed by atoms with Crippen LogP contribution in [0.2, 0.25) is 0 Å². The Bertz CT molecular complexity index is 1290. The van der Waals surface area contributed by atoms with E-state index in [0.717, 1.165) is 11.1 Å². The number of ether oxygens (including phenoxy) is 2. The lowest BCUT2D eigenvalue weighted by Crippen LogP contribution is -2.36. The van der Waals surface area contributed by atoms with E-state index in [1.807, 2.05) is 18.2 Å². The van der Waals surface area contributed by atoms with Gasteiger partial charge in [0.25, 0.3) is 12.3 Å². The van der Waals surface area contributed by atoms with E-state index >= 15 is 0 Å². The predicted octanol–water partition coefficient (Wildman–Crippen LogP) is 3.43. The van der Waals surface area contributed by atoms with Gasteiger partial charge in [-0.05, 0) is 25.1 Å². The number of halogens is 3. The molecule has 4 rings (SSSR count). The number of imidazole rings is 1. The van der Waals surface area contributed by atoms with E-state index in [-0.39, 0.29) is 17.1 Å². The summed E-state index contributed by atoms with van der Waals surface area (Å²) in [5, 5.41) is 8.54. The molecule has 0 bridgehead atoms. The van der Waals surface area contributed by atoms with Crippen LogP contribution in [0.4, 0.5) is 13.2 Å². The minimum atomic E-state index is -3.37. The Kier molecular flexibility index (Phi) is 5.90. The van der Waals surface area contributed by atoms with Gasteiger partial charge in [-0.25, -0.2) is 23.1 Å². The number of alkyl halides is 3. The maximum absolute atomic E-state index is 13.4. The van der Waals surface area contributed by atoms with E-state index in [1.165, 1.54) is 26.4 Å². The van der Waals surface area contributed by atoms with Crippen molar-refractivity contribution in [3.05, 3.63) is 48.0 Å². The molecule has 1 unspecified atom stereocenters. The Labute approximate surface area is 185 Å². The second-order valence-electron chi connectivity index (χ2n) is 7.00. The summed E-state index contributed by atoms with van der Waals surface area (Å²) in [5.41, 5.74) is 2.48. The first-order chi connectivity index (χ1) is 15.8. The Balaban J connectivity index is 1.75. The highest BCUT2D eigenvalue weighted by Crippen LogP contribution is 2.34. The molecule has 0 spiro atoms. The molecule has 33 heavy (non-hydrogen) atoms. The first kappa shape index (κ1) is 22.1. The third-order valence-corrected chi connectivity index (χ3v) is 4.89. The highest BCUT2D eigenvalue weighted by atomic mass is 19.3. The Morgan fingerprint density at radius 1 is 1.12 bits per heavy atom. The summed E-state index contributed by atoms with van der Waals surface area (Å²) in [7, 11) is 2.60. The summed E-state index contributed by atoms with van der Waals surface area (Å²) in [6.45, 7) is 1.80. The molecule has 2 N–H and O–H groups in total. The maximum atomic E-state index is 13.4. The zero-order valence-electron chi connectivity index (χ0n) is 17.8. The molecule has 1 amide bonds. The van der Waals surface area contributed by atoms with Gasteiger partial charge >= 0.3 is 0 Å². The van der Waals surface area contributed by atoms with Crippen molar-refractivity contribution in [1.82, 2.24) is 30.0 Å². The number of H-pyrrole nitrogens is 1. The second kappa shape index (κ2) is 8.81. The number of carbonyl (C=O) groups is 1. The van der Waals surface area contributed by atoms with Crippen molar-refractivity contribution in [1.29, 1.82) is 0 Å². The number of nitrogens with zero attached hydrogens (tertiary/aromatic N) is 4. The number of carbonyl (C=O) groups excluding carboxylic acids is 1. The highest BCUT2D eigenvalue weighted by molar-refractivity contribution is 6.00. The van der Waals surface area contributed by atoms with E-state index < -0.39 is 18.6 Å². The number of fused-ring (bicyclic) bond motifs is 1. The van der Waals surface area contributed by atoms with E-state index in [2.05, 4.69) is 20.2 Å². The number of aryl methyl sites for hydroxylation is 1. The molecule has 0 radical (unpaired) electrons. The summed E-state index contributed by atoms with van der Waals surface area (Å²) >= 11 is 0. The molecular formula is C21H19F3N6O3. The van der Waals surface area contributed by atoms with Crippen LogP contribution in [-0.4, -0.2) is 57.6 Å². The van der Waals surface area contributed by atoms with Gasteiger partial charge in [0.05, 0.1) is 30.9 Å². The van der Waals surface area contributed by atoms with Crippen LogP contribution in [-0.2, 0) is 0 Å². The van der Waals surface area contributed by atoms with Gasteiger partial charge < -0.3 is 14.8 Å². The number of nitrogens with one attached hydrogen (secondary N) is 2. The normalized spacial score (nSPS) is 12.2. The number of hydrogen-bond donors (Lipinski definition) is 2. The highest BCUT2D eigenvalue weighted by Gasteiger charge is 2.27. The maximum Gasteiger partial charge on any atom is 0.287 e. The monoisotopic (exact) mass is 460 g/mol. The Hall–Kier alpha value is -4.09. The number of hydrogen-bond acceptors (Lipinski definition) is 6. The van der Waals surface area contributed by atoms with Crippen LogP contribution in [0.1, 0.15) is 16.2 Å². The van der Waals surface area contributed by atoms with Gasteiger partial charge in [0.1, 0.15) is 29.2 Å². The lowest BCUT2D eigenvalue weighted by molar-refractivity contribution is 0.0285. The van der Waals surface area contributed by atoms with Gasteiger partial charge in [-0.2, -0.15) is 5.10 Å². The van der Waals surface area contributed by atoms with Crippen LogP contribution >= 0.6 is 0 Å². The van der Waals surface area contributed by atoms with Crippen molar-refractivity contribution >= 4 is 16.9 Å². The van der Waals surface area contributed by atoms with E-state index in [9.17, 15) is 18.0 Å². The molecule has 1 atom stereocenters. The fourth-order valence-electron chi connectivity index (χ4n) is 3.35. The standard InChI is InChI=1S/C21H19F3N6O3/c1-10-26-20(29-28-10)11-4-5-14-13(6-11)25-9-30(14)12-7-15(32-2)17(16(8-12)33-3)21(31)27-19(24)18(22)23/h4-9,18-19H,1-3H3,(H,27,31)(H,26,28,29). The zero-order chi connectivity index (χ0) is 23.7. The first-order valence-corrected chi connectivity index (χ1v) is 9.68. The number of amides is 1. The van der Waals surface area contributed by atoms with Crippen molar-refractivity contribution < 1.29 is 27.4 Å². The van der Waals surface area contributed by atoms with Gasteiger partial charge in [0, 0.05) is 17.7 Å². The minimum Gasteiger partial charge on any atom is -0.496 e. The zero-order valence-corrected chi connectivity index (χ0v) is 17.8. The molecule has 0 fully saturated rings. The molecule has 0 saturated heterocycles. The molecule has 12 heteroatoms. The van der Waals surface area contributed by atoms with Crippen molar-refractivity contribution in [3.8, 4) is 28.6 Å². The van der Waals surface area contributed by atoms with Crippen molar-refractivity contribution in [2.45, 2.75) is 19.6 Å². The number of aromatic amines is 1. The third kappa shape index (κ3) is 4.19. The third-order valence-electron chi connectivity index (χ3n) is 4.89. The molecule has 0 aliphatic carbocycles. The van der Waals surface area contributed by atoms with Gasteiger partial charge in [-0.15, -0.1) is 0 Å². The van der Waals surface area contributed by atoms with Gasteiger partial charge in [0.2, 0.25) is 6.30 Å². The molecule has 172 valence electrons. The van der Waals surface area contributed by atoms with Crippen LogP contribution in [0.3, 0.4) is 0 Å². The Morgan fingerprint density at radius 2 is 1.82 bits per heavy atom. The number of aromatic nitrogens is 5. The fraction of sp³-hybridized carbons (Fsp3) is 0.238. The van der Waals surface area contributed by atoms with Crippen molar-refractivity contribution in [2.75, 3.05) is 14.2 Å². The van der Waals surface area contributed by atoms with E-state index in [4.69, 9.17) is 9.47 Å². The van der Waals surface area contributed by atoms with E-state index in [1.54, 1.807) is 23.1 Å². The van der Waals surface area contributed by atoms with Crippen LogP contribution in [0.15, 0.2) is 36.7 Å². The van der Waals surface area contributed by atoms with Crippen LogP contribution < -0.4 is 14.8 Å². The van der Waals surface area contributed by atoms with Gasteiger partial charge in [0.15, 0.2) is 5.82 Å². The van der Waals surface area contributed by atoms with Gasteiger partial charge in [-0.1, -0.05) is 0 Å². The molecule has 0 saturated carbocycles. The smallest absolute Gasteiger partial charge is 0.287 e. The summed E-state index contributed by atoms with van der Waals surface area (Å²) in [5.74, 6) is 0.158. The molecule has 9 nitrogen and oxygen atoms in total. The quantitative estimate of drug-likeness (QED) is 0.409. The molecule has 2 aromatic carbocycles. The number of benzene rings is 2. The minimum absolute atomic E-state index is 0.0120. The van der Waals surface area contributed by atoms with E-state index in [0.29, 0.717) is 22.9 Å². The lowest BCUT2D eigenvalue weighted by Gasteiger charge is -2.17. The molecular weight excluding hydrogens is 441 g/mol.